The summed E-state index contributed by atoms with van der Waals surface area (Å²) in [5.74, 6) is -0.538. The van der Waals surface area contributed by atoms with Crippen molar-refractivity contribution in [2.75, 3.05) is 6.61 Å². The van der Waals surface area contributed by atoms with Crippen LogP contribution in [-0.4, -0.2) is 12.7 Å². The summed E-state index contributed by atoms with van der Waals surface area (Å²) in [5.41, 5.74) is 1.84. The highest BCUT2D eigenvalue weighted by molar-refractivity contribution is 5.32. The van der Waals surface area contributed by atoms with Crippen molar-refractivity contribution in [1.29, 1.82) is 0 Å². The molecule has 0 saturated heterocycles. The Kier molecular flexibility index (Phi) is 9.16. The summed E-state index contributed by atoms with van der Waals surface area (Å²) in [6, 6.07) is 8.63. The number of hydrogen-bond acceptors (Lipinski definition) is 2. The number of benzene rings is 2. The van der Waals surface area contributed by atoms with Gasteiger partial charge in [0.05, 0.1) is 19.3 Å². The minimum atomic E-state index is -0.651. The normalized spacial score (nSPS) is 24.9. The minimum Gasteiger partial charge on any atom is -0.491 e. The molecule has 0 N–H and O–H groups in total. The third-order valence-corrected chi connectivity index (χ3v) is 7.95. The zero-order valence-corrected chi connectivity index (χ0v) is 21.1. The fraction of sp³-hybridized carbons (Fsp3) is 0.600. The number of ether oxygens (including phenoxy) is 2. The molecule has 2 nitrogen and oxygen atoms in total. The second kappa shape index (κ2) is 12.3. The van der Waals surface area contributed by atoms with Crippen LogP contribution < -0.4 is 4.74 Å². The zero-order valence-electron chi connectivity index (χ0n) is 21.1. The molecule has 2 aliphatic carbocycles. The Morgan fingerprint density at radius 2 is 1.40 bits per heavy atom. The Morgan fingerprint density at radius 1 is 0.800 bits per heavy atom. The largest absolute Gasteiger partial charge is 0.491 e. The van der Waals surface area contributed by atoms with E-state index < -0.39 is 11.6 Å². The Bertz CT molecular complexity index is 960. The third kappa shape index (κ3) is 6.61. The summed E-state index contributed by atoms with van der Waals surface area (Å²) in [6.07, 6.45) is 9.10. The van der Waals surface area contributed by atoms with E-state index in [9.17, 15) is 8.78 Å². The van der Waals surface area contributed by atoms with E-state index in [-0.39, 0.29) is 29.5 Å². The van der Waals surface area contributed by atoms with Crippen LogP contribution in [-0.2, 0) is 11.3 Å². The lowest BCUT2D eigenvalue weighted by Gasteiger charge is -2.30. The quantitative estimate of drug-likeness (QED) is 0.328. The van der Waals surface area contributed by atoms with Crippen LogP contribution in [0.3, 0.4) is 0 Å². The van der Waals surface area contributed by atoms with Crippen molar-refractivity contribution >= 4 is 0 Å². The highest BCUT2D eigenvalue weighted by Gasteiger charge is 2.29. The van der Waals surface area contributed by atoms with Crippen molar-refractivity contribution in [2.24, 2.45) is 5.92 Å². The molecule has 192 valence electrons. The number of rotatable bonds is 9. The van der Waals surface area contributed by atoms with Crippen LogP contribution >= 0.6 is 0 Å². The Morgan fingerprint density at radius 3 is 1.97 bits per heavy atom. The smallest absolute Gasteiger partial charge is 0.165 e. The maximum Gasteiger partial charge on any atom is 0.165 e. The van der Waals surface area contributed by atoms with Crippen molar-refractivity contribution < 1.29 is 22.6 Å². The molecule has 0 bridgehead atoms. The molecular weight excluding hydrogens is 449 g/mol. The van der Waals surface area contributed by atoms with Gasteiger partial charge in [0, 0.05) is 0 Å². The van der Waals surface area contributed by atoms with Crippen molar-refractivity contribution in [3.8, 4) is 5.75 Å². The van der Waals surface area contributed by atoms with Crippen LogP contribution in [0, 0.1) is 23.4 Å². The third-order valence-electron chi connectivity index (χ3n) is 7.95. The fourth-order valence-corrected chi connectivity index (χ4v) is 5.61. The topological polar surface area (TPSA) is 18.5 Å². The Balaban J connectivity index is 1.28. The summed E-state index contributed by atoms with van der Waals surface area (Å²) >= 11 is 0. The van der Waals surface area contributed by atoms with Gasteiger partial charge in [0.15, 0.2) is 23.2 Å². The molecule has 2 aromatic rings. The molecule has 35 heavy (non-hydrogen) atoms. The Labute approximate surface area is 208 Å². The second-order valence-electron chi connectivity index (χ2n) is 10.6. The molecule has 5 heteroatoms. The SMILES string of the molecule is CCCCOc1ccc(COC2CCC(c3ccc(C4CCC(C)CC4)c(F)c3F)CC2)cc1F. The van der Waals surface area contributed by atoms with Crippen molar-refractivity contribution in [1.82, 2.24) is 0 Å². The molecule has 2 aromatic carbocycles. The lowest BCUT2D eigenvalue weighted by Crippen LogP contribution is -2.22. The van der Waals surface area contributed by atoms with Crippen molar-refractivity contribution in [3.05, 3.63) is 64.5 Å². The summed E-state index contributed by atoms with van der Waals surface area (Å²) in [6.45, 7) is 5.14. The van der Waals surface area contributed by atoms with Gasteiger partial charge in [0.25, 0.3) is 0 Å². The zero-order chi connectivity index (χ0) is 24.8. The van der Waals surface area contributed by atoms with Crippen molar-refractivity contribution in [2.45, 2.75) is 103 Å². The molecule has 0 amide bonds. The summed E-state index contributed by atoms with van der Waals surface area (Å²) in [5, 5.41) is 0. The molecule has 0 aromatic heterocycles. The first kappa shape index (κ1) is 26.1. The lowest BCUT2D eigenvalue weighted by molar-refractivity contribution is 0.0130. The first-order chi connectivity index (χ1) is 17.0. The first-order valence-electron chi connectivity index (χ1n) is 13.5. The molecule has 0 aliphatic heterocycles. The van der Waals surface area contributed by atoms with Crippen LogP contribution in [0.1, 0.15) is 107 Å². The average molecular weight is 489 g/mol. The van der Waals surface area contributed by atoms with Gasteiger partial charge < -0.3 is 9.47 Å². The van der Waals surface area contributed by atoms with E-state index in [1.54, 1.807) is 6.07 Å². The van der Waals surface area contributed by atoms with E-state index in [4.69, 9.17) is 9.47 Å². The van der Waals surface area contributed by atoms with Crippen LogP contribution in [0.15, 0.2) is 30.3 Å². The monoisotopic (exact) mass is 488 g/mol. The van der Waals surface area contributed by atoms with Crippen LogP contribution in [0.25, 0.3) is 0 Å². The molecule has 4 rings (SSSR count). The molecule has 0 atom stereocenters. The van der Waals surface area contributed by atoms with E-state index in [0.717, 1.165) is 69.8 Å². The fourth-order valence-electron chi connectivity index (χ4n) is 5.61. The van der Waals surface area contributed by atoms with Gasteiger partial charge in [-0.3, -0.25) is 0 Å². The highest BCUT2D eigenvalue weighted by atomic mass is 19.2. The highest BCUT2D eigenvalue weighted by Crippen LogP contribution is 2.40. The van der Waals surface area contributed by atoms with Gasteiger partial charge in [-0.25, -0.2) is 13.2 Å². The Hall–Kier alpha value is -2.01. The standard InChI is InChI=1S/C30H39F3O2/c1-3-4-17-34-28-16-7-21(18-27(28)31)19-35-24-12-10-23(11-13-24)26-15-14-25(29(32)30(26)33)22-8-5-20(2)6-9-22/h7,14-16,18,20,22-24H,3-6,8-13,17,19H2,1-2H3. The molecule has 2 fully saturated rings. The van der Waals surface area contributed by atoms with Gasteiger partial charge in [-0.05, 0) is 91.5 Å². The molecule has 0 heterocycles. The predicted octanol–water partition coefficient (Wildman–Crippen LogP) is 8.82. The van der Waals surface area contributed by atoms with Crippen LogP contribution in [0.2, 0.25) is 0 Å². The molecule has 2 aliphatic rings. The van der Waals surface area contributed by atoms with Gasteiger partial charge in [-0.1, -0.05) is 51.3 Å². The van der Waals surface area contributed by atoms with Gasteiger partial charge in [0.2, 0.25) is 0 Å². The van der Waals surface area contributed by atoms with E-state index in [1.807, 2.05) is 18.2 Å². The molecule has 0 spiro atoms. The molecular formula is C30H39F3O2. The van der Waals surface area contributed by atoms with Crippen LogP contribution in [0.4, 0.5) is 13.2 Å². The van der Waals surface area contributed by atoms with Gasteiger partial charge >= 0.3 is 0 Å². The average Bonchev–Trinajstić information content (AvgIpc) is 2.87. The van der Waals surface area contributed by atoms with E-state index in [0.29, 0.717) is 30.3 Å². The van der Waals surface area contributed by atoms with Gasteiger partial charge in [-0.2, -0.15) is 0 Å². The summed E-state index contributed by atoms with van der Waals surface area (Å²) in [7, 11) is 0. The van der Waals surface area contributed by atoms with E-state index in [1.165, 1.54) is 6.07 Å². The van der Waals surface area contributed by atoms with Crippen LogP contribution in [0.5, 0.6) is 5.75 Å². The maximum atomic E-state index is 15.1. The second-order valence-corrected chi connectivity index (χ2v) is 10.6. The number of hydrogen-bond donors (Lipinski definition) is 0. The first-order valence-corrected chi connectivity index (χ1v) is 13.5. The minimum absolute atomic E-state index is 0.0155. The summed E-state index contributed by atoms with van der Waals surface area (Å²) in [4.78, 5) is 0. The maximum absolute atomic E-state index is 15.1. The summed E-state index contributed by atoms with van der Waals surface area (Å²) < 4.78 is 55.8. The lowest BCUT2D eigenvalue weighted by atomic mass is 9.77. The molecule has 0 unspecified atom stereocenters. The van der Waals surface area contributed by atoms with E-state index >= 15 is 4.39 Å². The number of unbranched alkanes of at least 4 members (excludes halogenated alkanes) is 1. The molecule has 2 saturated carbocycles. The van der Waals surface area contributed by atoms with E-state index in [2.05, 4.69) is 13.8 Å². The molecule has 0 radical (unpaired) electrons. The number of halogens is 3. The predicted molar refractivity (Wildman–Crippen MR) is 133 cm³/mol. The van der Waals surface area contributed by atoms with Crippen molar-refractivity contribution in [3.63, 3.8) is 0 Å². The van der Waals surface area contributed by atoms with Gasteiger partial charge in [-0.15, -0.1) is 0 Å². The van der Waals surface area contributed by atoms with Gasteiger partial charge in [0.1, 0.15) is 0 Å².